The fraction of sp³-hybridized carbons (Fsp3) is 0.350. The van der Waals surface area contributed by atoms with E-state index in [1.807, 2.05) is 31.2 Å². The topological polar surface area (TPSA) is 75.3 Å². The van der Waals surface area contributed by atoms with E-state index in [2.05, 4.69) is 30.8 Å². The van der Waals surface area contributed by atoms with Crippen molar-refractivity contribution in [3.8, 4) is 0 Å². The minimum Gasteiger partial charge on any atom is -0.322 e. The smallest absolute Gasteiger partial charge is 0.255 e. The molecule has 26 heavy (non-hydrogen) atoms. The van der Waals surface area contributed by atoms with Crippen molar-refractivity contribution in [1.82, 2.24) is 4.72 Å². The van der Waals surface area contributed by atoms with E-state index in [0.29, 0.717) is 24.2 Å². The highest BCUT2D eigenvalue weighted by Gasteiger charge is 2.16. The van der Waals surface area contributed by atoms with Crippen molar-refractivity contribution in [2.24, 2.45) is 0 Å². The highest BCUT2D eigenvalue weighted by molar-refractivity contribution is 7.89. The molecule has 2 aromatic rings. The zero-order chi connectivity index (χ0) is 19.4. The van der Waals surface area contributed by atoms with Crippen LogP contribution in [0.25, 0.3) is 0 Å². The molecule has 0 aliphatic heterocycles. The van der Waals surface area contributed by atoms with Gasteiger partial charge in [-0.2, -0.15) is 0 Å². The molecule has 0 fully saturated rings. The Kier molecular flexibility index (Phi) is 6.21. The second-order valence-corrected chi connectivity index (χ2v) is 8.97. The van der Waals surface area contributed by atoms with Crippen LogP contribution in [0.3, 0.4) is 0 Å². The van der Waals surface area contributed by atoms with Gasteiger partial charge in [0.25, 0.3) is 5.91 Å². The lowest BCUT2D eigenvalue weighted by Gasteiger charge is -2.19. The highest BCUT2D eigenvalue weighted by atomic mass is 32.2. The Labute approximate surface area is 155 Å². The minimum absolute atomic E-state index is 0.0384. The zero-order valence-corrected chi connectivity index (χ0v) is 16.5. The lowest BCUT2D eigenvalue weighted by molar-refractivity contribution is 0.102. The Bertz CT molecular complexity index is 867. The number of carbonyl (C=O) groups excluding carboxylic acids is 1. The predicted molar refractivity (Wildman–Crippen MR) is 105 cm³/mol. The number of rotatable bonds is 6. The van der Waals surface area contributed by atoms with Crippen molar-refractivity contribution < 1.29 is 13.2 Å². The second kappa shape index (κ2) is 8.01. The Balaban J connectivity index is 2.16. The van der Waals surface area contributed by atoms with Gasteiger partial charge in [0.2, 0.25) is 10.0 Å². The van der Waals surface area contributed by atoms with E-state index in [4.69, 9.17) is 0 Å². The van der Waals surface area contributed by atoms with Gasteiger partial charge < -0.3 is 5.32 Å². The third kappa shape index (κ3) is 5.16. The number of hydrogen-bond acceptors (Lipinski definition) is 3. The van der Waals surface area contributed by atoms with Crippen LogP contribution < -0.4 is 10.0 Å². The summed E-state index contributed by atoms with van der Waals surface area (Å²) in [6, 6.07) is 13.7. The van der Waals surface area contributed by atoms with E-state index in [0.717, 1.165) is 0 Å². The molecule has 0 bridgehead atoms. The van der Waals surface area contributed by atoms with Gasteiger partial charge in [0.05, 0.1) is 4.90 Å². The summed E-state index contributed by atoms with van der Waals surface area (Å²) >= 11 is 0. The third-order valence-corrected chi connectivity index (χ3v) is 5.42. The van der Waals surface area contributed by atoms with Crippen molar-refractivity contribution in [2.45, 2.75) is 44.4 Å². The van der Waals surface area contributed by atoms with Gasteiger partial charge in [0.15, 0.2) is 0 Å². The molecule has 0 saturated carbocycles. The van der Waals surface area contributed by atoms with Crippen LogP contribution in [0.5, 0.6) is 0 Å². The molecular weight excluding hydrogens is 348 g/mol. The van der Waals surface area contributed by atoms with E-state index in [1.165, 1.54) is 17.7 Å². The van der Waals surface area contributed by atoms with Crippen LogP contribution in [0, 0.1) is 0 Å². The van der Waals surface area contributed by atoms with Crippen LogP contribution in [0.4, 0.5) is 5.69 Å². The van der Waals surface area contributed by atoms with Crippen LogP contribution in [0.1, 0.15) is 50.0 Å². The number of carbonyl (C=O) groups is 1. The maximum atomic E-state index is 12.5. The summed E-state index contributed by atoms with van der Waals surface area (Å²) in [5.74, 6) is -0.346. The average molecular weight is 375 g/mol. The molecule has 1 amide bonds. The van der Waals surface area contributed by atoms with Gasteiger partial charge in [0.1, 0.15) is 0 Å². The molecule has 0 atom stereocenters. The van der Waals surface area contributed by atoms with Gasteiger partial charge in [-0.15, -0.1) is 0 Å². The quantitative estimate of drug-likeness (QED) is 0.804. The first-order valence-electron chi connectivity index (χ1n) is 8.65. The maximum Gasteiger partial charge on any atom is 0.255 e. The summed E-state index contributed by atoms with van der Waals surface area (Å²) in [6.45, 7) is 8.62. The molecule has 0 saturated heterocycles. The lowest BCUT2D eigenvalue weighted by atomic mass is 9.87. The van der Waals surface area contributed by atoms with E-state index < -0.39 is 10.0 Å². The molecule has 0 aliphatic carbocycles. The normalized spacial score (nSPS) is 12.0. The van der Waals surface area contributed by atoms with Gasteiger partial charge in [0, 0.05) is 17.8 Å². The summed E-state index contributed by atoms with van der Waals surface area (Å²) in [7, 11) is -3.60. The monoisotopic (exact) mass is 374 g/mol. The van der Waals surface area contributed by atoms with Gasteiger partial charge in [-0.05, 0) is 47.7 Å². The molecule has 0 aromatic heterocycles. The molecule has 0 unspecified atom stereocenters. The van der Waals surface area contributed by atoms with E-state index in [1.54, 1.807) is 12.1 Å². The maximum absolute atomic E-state index is 12.5. The zero-order valence-electron chi connectivity index (χ0n) is 15.7. The van der Waals surface area contributed by atoms with Crippen molar-refractivity contribution >= 4 is 21.6 Å². The number of benzene rings is 2. The summed E-state index contributed by atoms with van der Waals surface area (Å²) in [6.07, 6.45) is 0.698. The molecule has 140 valence electrons. The second-order valence-electron chi connectivity index (χ2n) is 7.21. The summed E-state index contributed by atoms with van der Waals surface area (Å²) in [5, 5.41) is 2.80. The van der Waals surface area contributed by atoms with Gasteiger partial charge in [-0.25, -0.2) is 13.1 Å². The summed E-state index contributed by atoms with van der Waals surface area (Å²) in [5.41, 5.74) is 2.17. The number of sulfonamides is 1. The largest absolute Gasteiger partial charge is 0.322 e. The molecule has 2 aromatic carbocycles. The average Bonchev–Trinajstić information content (AvgIpc) is 2.60. The molecule has 0 radical (unpaired) electrons. The van der Waals surface area contributed by atoms with E-state index in [9.17, 15) is 13.2 Å². The van der Waals surface area contributed by atoms with Crippen molar-refractivity contribution in [3.63, 3.8) is 0 Å². The fourth-order valence-corrected chi connectivity index (χ4v) is 3.56. The van der Waals surface area contributed by atoms with Crippen LogP contribution in [0.15, 0.2) is 53.4 Å². The molecule has 5 nitrogen and oxygen atoms in total. The number of nitrogens with one attached hydrogen (secondary N) is 2. The highest BCUT2D eigenvalue weighted by Crippen LogP contribution is 2.23. The standard InChI is InChI=1S/C20H26N2O3S/c1-5-13-21-26(24,25)18-8-6-7-15(14-18)19(23)22-17-11-9-16(10-12-17)20(2,3)4/h6-12,14,21H,5,13H2,1-4H3,(H,22,23). The van der Waals surface area contributed by atoms with Gasteiger partial charge in [-0.1, -0.05) is 45.9 Å². The van der Waals surface area contributed by atoms with Crippen molar-refractivity contribution in [2.75, 3.05) is 11.9 Å². The predicted octanol–water partition coefficient (Wildman–Crippen LogP) is 3.92. The van der Waals surface area contributed by atoms with Crippen LogP contribution >= 0.6 is 0 Å². The molecular formula is C20H26N2O3S. The third-order valence-electron chi connectivity index (χ3n) is 3.96. The van der Waals surface area contributed by atoms with Crippen LogP contribution in [-0.4, -0.2) is 20.9 Å². The molecule has 2 rings (SSSR count). The van der Waals surface area contributed by atoms with Crippen molar-refractivity contribution in [3.05, 3.63) is 59.7 Å². The molecule has 0 aliphatic rings. The van der Waals surface area contributed by atoms with Crippen LogP contribution in [-0.2, 0) is 15.4 Å². The molecule has 0 heterocycles. The van der Waals surface area contributed by atoms with Crippen LogP contribution in [0.2, 0.25) is 0 Å². The molecule has 6 heteroatoms. The first-order valence-corrected chi connectivity index (χ1v) is 10.1. The summed E-state index contributed by atoms with van der Waals surface area (Å²) < 4.78 is 26.9. The number of hydrogen-bond donors (Lipinski definition) is 2. The first-order chi connectivity index (χ1) is 12.1. The Hall–Kier alpha value is -2.18. The number of amides is 1. The first kappa shape index (κ1) is 20.1. The van der Waals surface area contributed by atoms with Gasteiger partial charge >= 0.3 is 0 Å². The van der Waals surface area contributed by atoms with Crippen molar-refractivity contribution in [1.29, 1.82) is 0 Å². The number of anilines is 1. The van der Waals surface area contributed by atoms with E-state index >= 15 is 0 Å². The lowest BCUT2D eigenvalue weighted by Crippen LogP contribution is -2.24. The van der Waals surface area contributed by atoms with Gasteiger partial charge in [-0.3, -0.25) is 4.79 Å². The Morgan fingerprint density at radius 3 is 2.27 bits per heavy atom. The molecule has 0 spiro atoms. The van der Waals surface area contributed by atoms with E-state index in [-0.39, 0.29) is 16.2 Å². The minimum atomic E-state index is -3.60. The summed E-state index contributed by atoms with van der Waals surface area (Å²) in [4.78, 5) is 12.5. The SMILES string of the molecule is CCCNS(=O)(=O)c1cccc(C(=O)Nc2ccc(C(C)(C)C)cc2)c1. The Morgan fingerprint density at radius 1 is 1.04 bits per heavy atom. The fourth-order valence-electron chi connectivity index (χ4n) is 2.38. The molecule has 2 N–H and O–H groups in total. The Morgan fingerprint density at radius 2 is 1.69 bits per heavy atom.